The summed E-state index contributed by atoms with van der Waals surface area (Å²) in [5.41, 5.74) is 0. The minimum Gasteiger partial charge on any atom is -0.356 e. The largest absolute Gasteiger partial charge is 0.356 e. The lowest BCUT2D eigenvalue weighted by atomic mass is 10.2. The van der Waals surface area contributed by atoms with Gasteiger partial charge in [0.25, 0.3) is 0 Å². The molecular weight excluding hydrogens is 224 g/mol. The van der Waals surface area contributed by atoms with Gasteiger partial charge in [-0.15, -0.1) is 0 Å². The first-order valence-corrected chi connectivity index (χ1v) is 7.01. The monoisotopic (exact) mass is 250 g/mol. The lowest BCUT2D eigenvalue weighted by molar-refractivity contribution is 0.0242. The van der Waals surface area contributed by atoms with Crippen LogP contribution in [0, 0.1) is 0 Å². The van der Waals surface area contributed by atoms with Gasteiger partial charge in [0.1, 0.15) is 12.3 Å². The van der Waals surface area contributed by atoms with Gasteiger partial charge < -0.3 is 19.6 Å². The summed E-state index contributed by atoms with van der Waals surface area (Å²) in [4.78, 5) is 9.56. The molecule has 0 aromatic heterocycles. The van der Waals surface area contributed by atoms with Crippen molar-refractivity contribution < 1.29 is 0 Å². The fraction of sp³-hybridized carbons (Fsp3) is 0.714. The van der Waals surface area contributed by atoms with Crippen LogP contribution in [0.15, 0.2) is 24.8 Å². The second-order valence-corrected chi connectivity index (χ2v) is 5.23. The molecule has 0 aliphatic carbocycles. The number of hydrogen-bond donors (Lipinski definition) is 0. The fourth-order valence-corrected chi connectivity index (χ4v) is 2.90. The molecule has 2 unspecified atom stereocenters. The first kappa shape index (κ1) is 13.1. The summed E-state index contributed by atoms with van der Waals surface area (Å²) in [7, 11) is 4.35. The van der Waals surface area contributed by atoms with Crippen molar-refractivity contribution >= 4 is 0 Å². The molecule has 2 aliphatic heterocycles. The molecule has 4 nitrogen and oxygen atoms in total. The molecule has 0 fully saturated rings. The Morgan fingerprint density at radius 3 is 1.44 bits per heavy atom. The first-order valence-electron chi connectivity index (χ1n) is 7.01. The highest BCUT2D eigenvalue weighted by molar-refractivity contribution is 5.06. The van der Waals surface area contributed by atoms with E-state index in [1.165, 1.54) is 12.8 Å². The third kappa shape index (κ3) is 2.28. The molecule has 0 amide bonds. The zero-order chi connectivity index (χ0) is 13.1. The van der Waals surface area contributed by atoms with Crippen LogP contribution in [0.5, 0.6) is 0 Å². The summed E-state index contributed by atoms with van der Waals surface area (Å²) in [6.45, 7) is 6.72. The highest BCUT2D eigenvalue weighted by Crippen LogP contribution is 2.26. The van der Waals surface area contributed by atoms with E-state index in [4.69, 9.17) is 0 Å². The van der Waals surface area contributed by atoms with Gasteiger partial charge in [0, 0.05) is 52.0 Å². The van der Waals surface area contributed by atoms with E-state index in [9.17, 15) is 0 Å². The molecule has 0 N–H and O–H groups in total. The van der Waals surface area contributed by atoms with Gasteiger partial charge >= 0.3 is 0 Å². The minimum absolute atomic E-state index is 0.413. The standard InChI is InChI=1S/C14H26N4/c1-5-7-17-11-9-15(3)13(17)14-16(4)10-12-18(14)8-6-2/h9-14H,5-8H2,1-4H3. The van der Waals surface area contributed by atoms with Gasteiger partial charge in [0.15, 0.2) is 0 Å². The second kappa shape index (κ2) is 5.55. The van der Waals surface area contributed by atoms with Crippen LogP contribution < -0.4 is 0 Å². The third-order valence-electron chi connectivity index (χ3n) is 3.73. The summed E-state index contributed by atoms with van der Waals surface area (Å²) in [5, 5.41) is 0. The molecule has 2 heterocycles. The van der Waals surface area contributed by atoms with E-state index in [1.807, 2.05) is 0 Å². The molecule has 0 saturated carbocycles. The Hall–Kier alpha value is -1.32. The van der Waals surface area contributed by atoms with E-state index < -0.39 is 0 Å². The number of likely N-dealkylation sites (N-methyl/N-ethyl adjacent to an activating group) is 2. The van der Waals surface area contributed by atoms with E-state index in [-0.39, 0.29) is 0 Å². The van der Waals surface area contributed by atoms with Gasteiger partial charge in [0.2, 0.25) is 0 Å². The zero-order valence-corrected chi connectivity index (χ0v) is 12.1. The SMILES string of the molecule is CCCN1C=CN(C)C1C1N(C)C=CN1CCC. The van der Waals surface area contributed by atoms with Gasteiger partial charge in [-0.05, 0) is 12.8 Å². The number of rotatable bonds is 5. The summed E-state index contributed by atoms with van der Waals surface area (Å²) in [6, 6.07) is 0. The Labute approximate surface area is 111 Å². The van der Waals surface area contributed by atoms with Crippen molar-refractivity contribution in [3.05, 3.63) is 24.8 Å². The number of hydrogen-bond acceptors (Lipinski definition) is 4. The Kier molecular flexibility index (Phi) is 4.04. The molecule has 102 valence electrons. The number of nitrogens with zero attached hydrogens (tertiary/aromatic N) is 4. The summed E-state index contributed by atoms with van der Waals surface area (Å²) < 4.78 is 0. The molecule has 0 aromatic rings. The van der Waals surface area contributed by atoms with Gasteiger partial charge in [-0.1, -0.05) is 13.8 Å². The second-order valence-electron chi connectivity index (χ2n) is 5.23. The Bertz CT molecular complexity index is 294. The van der Waals surface area contributed by atoms with Crippen LogP contribution in [-0.2, 0) is 0 Å². The lowest BCUT2D eigenvalue weighted by Crippen LogP contribution is -2.56. The molecule has 2 aliphatic rings. The minimum atomic E-state index is 0.413. The van der Waals surface area contributed by atoms with Gasteiger partial charge in [-0.25, -0.2) is 0 Å². The molecule has 2 atom stereocenters. The van der Waals surface area contributed by atoms with E-state index in [2.05, 4.69) is 72.3 Å². The third-order valence-corrected chi connectivity index (χ3v) is 3.73. The van der Waals surface area contributed by atoms with E-state index in [0.717, 1.165) is 13.1 Å². The van der Waals surface area contributed by atoms with Crippen LogP contribution in [0.4, 0.5) is 0 Å². The van der Waals surface area contributed by atoms with Crippen molar-refractivity contribution in [3.63, 3.8) is 0 Å². The van der Waals surface area contributed by atoms with Crippen molar-refractivity contribution in [3.8, 4) is 0 Å². The molecule has 4 heteroatoms. The first-order chi connectivity index (χ1) is 8.69. The van der Waals surface area contributed by atoms with Crippen molar-refractivity contribution in [2.75, 3.05) is 27.2 Å². The van der Waals surface area contributed by atoms with Gasteiger partial charge in [-0.2, -0.15) is 0 Å². The van der Waals surface area contributed by atoms with Crippen molar-refractivity contribution in [1.82, 2.24) is 19.6 Å². The van der Waals surface area contributed by atoms with Gasteiger partial charge in [0.05, 0.1) is 0 Å². The van der Waals surface area contributed by atoms with E-state index in [0.29, 0.717) is 12.3 Å². The molecule has 0 radical (unpaired) electrons. The molecule has 18 heavy (non-hydrogen) atoms. The van der Waals surface area contributed by atoms with E-state index >= 15 is 0 Å². The molecule has 0 saturated heterocycles. The fourth-order valence-electron chi connectivity index (χ4n) is 2.90. The van der Waals surface area contributed by atoms with E-state index in [1.54, 1.807) is 0 Å². The van der Waals surface area contributed by atoms with Crippen LogP contribution >= 0.6 is 0 Å². The maximum atomic E-state index is 2.46. The smallest absolute Gasteiger partial charge is 0.141 e. The zero-order valence-electron chi connectivity index (χ0n) is 12.1. The molecule has 2 rings (SSSR count). The van der Waals surface area contributed by atoms with Crippen LogP contribution in [-0.4, -0.2) is 59.1 Å². The van der Waals surface area contributed by atoms with Crippen LogP contribution in [0.2, 0.25) is 0 Å². The topological polar surface area (TPSA) is 13.0 Å². The molecular formula is C14H26N4. The summed E-state index contributed by atoms with van der Waals surface area (Å²) >= 11 is 0. The maximum Gasteiger partial charge on any atom is 0.141 e. The predicted octanol–water partition coefficient (Wildman–Crippen LogP) is 1.90. The Balaban J connectivity index is 2.12. The Morgan fingerprint density at radius 1 is 0.722 bits per heavy atom. The molecule has 0 bridgehead atoms. The van der Waals surface area contributed by atoms with Crippen LogP contribution in [0.25, 0.3) is 0 Å². The average Bonchev–Trinajstić information content (AvgIpc) is 2.85. The van der Waals surface area contributed by atoms with Crippen LogP contribution in [0.3, 0.4) is 0 Å². The lowest BCUT2D eigenvalue weighted by Gasteiger charge is -2.42. The van der Waals surface area contributed by atoms with Crippen LogP contribution in [0.1, 0.15) is 26.7 Å². The highest BCUT2D eigenvalue weighted by Gasteiger charge is 2.38. The van der Waals surface area contributed by atoms with Gasteiger partial charge in [-0.3, -0.25) is 0 Å². The maximum absolute atomic E-state index is 2.46. The average molecular weight is 250 g/mol. The van der Waals surface area contributed by atoms with Crippen molar-refractivity contribution in [2.24, 2.45) is 0 Å². The summed E-state index contributed by atoms with van der Waals surface area (Å²) in [5.74, 6) is 0. The van der Waals surface area contributed by atoms with Crippen molar-refractivity contribution in [1.29, 1.82) is 0 Å². The highest BCUT2D eigenvalue weighted by atomic mass is 15.5. The Morgan fingerprint density at radius 2 is 1.11 bits per heavy atom. The molecule has 0 spiro atoms. The quantitative estimate of drug-likeness (QED) is 0.739. The summed E-state index contributed by atoms with van der Waals surface area (Å²) in [6.07, 6.45) is 12.0. The molecule has 0 aromatic carbocycles. The predicted molar refractivity (Wildman–Crippen MR) is 75.4 cm³/mol. The normalized spacial score (nSPS) is 26.9. The van der Waals surface area contributed by atoms with Crippen molar-refractivity contribution in [2.45, 2.75) is 39.0 Å².